The number of ketones is 2. The number of carbonyl (C=O) groups is 4. The van der Waals surface area contributed by atoms with Crippen molar-refractivity contribution in [2.45, 2.75) is 26.7 Å². The third-order valence-corrected chi connectivity index (χ3v) is 4.12. The molecule has 0 spiro atoms. The zero-order chi connectivity index (χ0) is 16.9. The topological polar surface area (TPSA) is 97.5 Å². The molecule has 0 unspecified atom stereocenters. The number of allylic oxidation sites excluding steroid dienone is 1. The van der Waals surface area contributed by atoms with Gasteiger partial charge in [-0.2, -0.15) is 0 Å². The van der Waals surface area contributed by atoms with E-state index in [9.17, 15) is 19.2 Å². The summed E-state index contributed by atoms with van der Waals surface area (Å²) in [5.41, 5.74) is 5.75. The van der Waals surface area contributed by atoms with Crippen molar-refractivity contribution >= 4 is 29.1 Å². The Morgan fingerprint density at radius 3 is 2.22 bits per heavy atom. The van der Waals surface area contributed by atoms with Gasteiger partial charge in [0.05, 0.1) is 16.7 Å². The van der Waals surface area contributed by atoms with E-state index in [1.807, 2.05) is 13.8 Å². The summed E-state index contributed by atoms with van der Waals surface area (Å²) in [7, 11) is 0. The summed E-state index contributed by atoms with van der Waals surface area (Å²) in [4.78, 5) is 50.0. The molecule has 1 aromatic carbocycles. The van der Waals surface area contributed by atoms with E-state index >= 15 is 0 Å². The summed E-state index contributed by atoms with van der Waals surface area (Å²) in [6.45, 7) is 3.67. The number of hydrogen-bond donors (Lipinski definition) is 1. The zero-order valence-corrected chi connectivity index (χ0v) is 12.9. The Morgan fingerprint density at radius 1 is 1.04 bits per heavy atom. The van der Waals surface area contributed by atoms with Crippen LogP contribution in [-0.2, 0) is 9.59 Å². The lowest BCUT2D eigenvalue weighted by Crippen LogP contribution is -2.34. The molecule has 1 saturated carbocycles. The molecular formula is C17H16N2O4. The number of anilines is 1. The SMILES string of the molecule is CC1(C)CC(=O)C(=CN2C(=O)c3cccc(N)c3C2=O)C(=O)C1. The molecule has 3 rings (SSSR count). The molecule has 2 aliphatic rings. The molecule has 2 N–H and O–H groups in total. The number of Topliss-reactive ketones (excluding diaryl/α,β-unsaturated/α-hetero) is 2. The van der Waals surface area contributed by atoms with Crippen LogP contribution in [0.5, 0.6) is 0 Å². The molecule has 1 aliphatic carbocycles. The van der Waals surface area contributed by atoms with Gasteiger partial charge < -0.3 is 5.73 Å². The van der Waals surface area contributed by atoms with Gasteiger partial charge >= 0.3 is 0 Å². The fourth-order valence-corrected chi connectivity index (χ4v) is 3.00. The highest BCUT2D eigenvalue weighted by molar-refractivity contribution is 6.27. The van der Waals surface area contributed by atoms with Crippen molar-refractivity contribution in [1.29, 1.82) is 0 Å². The van der Waals surface area contributed by atoms with Crippen molar-refractivity contribution in [1.82, 2.24) is 4.90 Å². The average Bonchev–Trinajstić information content (AvgIpc) is 2.67. The van der Waals surface area contributed by atoms with Gasteiger partial charge in [0.1, 0.15) is 0 Å². The molecule has 0 bridgehead atoms. The summed E-state index contributed by atoms with van der Waals surface area (Å²) in [5, 5.41) is 0. The first-order valence-corrected chi connectivity index (χ1v) is 7.26. The summed E-state index contributed by atoms with van der Waals surface area (Å²) in [6.07, 6.45) is 1.48. The van der Waals surface area contributed by atoms with Crippen molar-refractivity contribution < 1.29 is 19.2 Å². The molecule has 0 atom stereocenters. The molecule has 1 aliphatic heterocycles. The Morgan fingerprint density at radius 2 is 1.65 bits per heavy atom. The molecule has 6 heteroatoms. The molecule has 6 nitrogen and oxygen atoms in total. The first-order chi connectivity index (χ1) is 10.7. The quantitative estimate of drug-likeness (QED) is 0.368. The average molecular weight is 312 g/mol. The van der Waals surface area contributed by atoms with Crippen LogP contribution in [0.1, 0.15) is 47.4 Å². The van der Waals surface area contributed by atoms with Crippen LogP contribution in [0.2, 0.25) is 0 Å². The third-order valence-electron chi connectivity index (χ3n) is 4.12. The van der Waals surface area contributed by atoms with Gasteiger partial charge in [0.25, 0.3) is 11.8 Å². The lowest BCUT2D eigenvalue weighted by atomic mass is 9.74. The summed E-state index contributed by atoms with van der Waals surface area (Å²) < 4.78 is 0. The maximum Gasteiger partial charge on any atom is 0.267 e. The second kappa shape index (κ2) is 4.87. The number of nitrogens with two attached hydrogens (primary N) is 1. The number of hydrogen-bond acceptors (Lipinski definition) is 5. The van der Waals surface area contributed by atoms with E-state index in [1.54, 1.807) is 6.07 Å². The predicted molar refractivity (Wildman–Crippen MR) is 82.5 cm³/mol. The number of nitrogens with zero attached hydrogens (tertiary/aromatic N) is 1. The summed E-state index contributed by atoms with van der Waals surface area (Å²) >= 11 is 0. The monoisotopic (exact) mass is 312 g/mol. The molecule has 0 saturated heterocycles. The maximum absolute atomic E-state index is 12.4. The van der Waals surface area contributed by atoms with E-state index in [0.717, 1.165) is 11.1 Å². The highest BCUT2D eigenvalue weighted by Gasteiger charge is 2.40. The molecule has 1 aromatic rings. The van der Waals surface area contributed by atoms with Crippen molar-refractivity contribution in [3.63, 3.8) is 0 Å². The van der Waals surface area contributed by atoms with Crippen LogP contribution in [0, 0.1) is 5.41 Å². The highest BCUT2D eigenvalue weighted by atomic mass is 16.2. The van der Waals surface area contributed by atoms with Crippen LogP contribution in [-0.4, -0.2) is 28.3 Å². The van der Waals surface area contributed by atoms with Crippen LogP contribution in [0.15, 0.2) is 30.0 Å². The normalized spacial score (nSPS) is 20.1. The minimum atomic E-state index is -0.610. The van der Waals surface area contributed by atoms with Crippen molar-refractivity contribution in [3.8, 4) is 0 Å². The summed E-state index contributed by atoms with van der Waals surface area (Å²) in [6, 6.07) is 4.60. The Balaban J connectivity index is 2.00. The van der Waals surface area contributed by atoms with Gasteiger partial charge in [0.15, 0.2) is 11.6 Å². The van der Waals surface area contributed by atoms with Gasteiger partial charge in [-0.3, -0.25) is 19.2 Å². The molecule has 118 valence electrons. The van der Waals surface area contributed by atoms with Gasteiger partial charge in [0, 0.05) is 24.7 Å². The number of amides is 2. The number of benzene rings is 1. The first kappa shape index (κ1) is 15.1. The number of nitrogen functional groups attached to an aromatic ring is 1. The molecule has 1 fully saturated rings. The smallest absolute Gasteiger partial charge is 0.267 e. The van der Waals surface area contributed by atoms with Crippen LogP contribution < -0.4 is 5.73 Å². The number of fused-ring (bicyclic) bond motifs is 1. The van der Waals surface area contributed by atoms with Crippen LogP contribution >= 0.6 is 0 Å². The van der Waals surface area contributed by atoms with E-state index in [1.165, 1.54) is 12.1 Å². The van der Waals surface area contributed by atoms with E-state index in [0.29, 0.717) is 0 Å². The molecule has 0 radical (unpaired) electrons. The van der Waals surface area contributed by atoms with Crippen molar-refractivity contribution in [2.24, 2.45) is 5.41 Å². The fraction of sp³-hybridized carbons (Fsp3) is 0.294. The molecule has 2 amide bonds. The van der Waals surface area contributed by atoms with Crippen molar-refractivity contribution in [3.05, 3.63) is 41.1 Å². The van der Waals surface area contributed by atoms with E-state index in [-0.39, 0.29) is 46.8 Å². The van der Waals surface area contributed by atoms with Crippen LogP contribution in [0.25, 0.3) is 0 Å². The predicted octanol–water partition coefficient (Wildman–Crippen LogP) is 1.71. The highest BCUT2D eigenvalue weighted by Crippen LogP contribution is 2.35. The van der Waals surface area contributed by atoms with E-state index in [2.05, 4.69) is 0 Å². The maximum atomic E-state index is 12.4. The molecule has 23 heavy (non-hydrogen) atoms. The van der Waals surface area contributed by atoms with Gasteiger partial charge in [-0.15, -0.1) is 0 Å². The number of rotatable bonds is 1. The van der Waals surface area contributed by atoms with Crippen molar-refractivity contribution in [2.75, 3.05) is 5.73 Å². The van der Waals surface area contributed by atoms with E-state index < -0.39 is 17.2 Å². The van der Waals surface area contributed by atoms with Gasteiger partial charge in [-0.1, -0.05) is 19.9 Å². The Labute approximate surface area is 132 Å². The zero-order valence-electron chi connectivity index (χ0n) is 12.9. The van der Waals surface area contributed by atoms with Crippen LogP contribution in [0.4, 0.5) is 5.69 Å². The third kappa shape index (κ3) is 2.36. The minimum absolute atomic E-state index is 0.0996. The molecular weight excluding hydrogens is 296 g/mol. The summed E-state index contributed by atoms with van der Waals surface area (Å²) in [5.74, 6) is -1.89. The molecule has 1 heterocycles. The number of imide groups is 1. The minimum Gasteiger partial charge on any atom is -0.398 e. The van der Waals surface area contributed by atoms with E-state index in [4.69, 9.17) is 5.73 Å². The standard InChI is InChI=1S/C17H16N2O4/c1-17(2)6-12(20)10(13(21)7-17)8-19-15(22)9-4-3-5-11(18)14(9)16(19)23/h3-5,8H,6-7,18H2,1-2H3. The Kier molecular flexibility index (Phi) is 3.21. The lowest BCUT2D eigenvalue weighted by molar-refractivity contribution is -0.127. The lowest BCUT2D eigenvalue weighted by Gasteiger charge is -2.28. The Bertz CT molecular complexity index is 783. The second-order valence-corrected chi connectivity index (χ2v) is 6.66. The second-order valence-electron chi connectivity index (χ2n) is 6.66. The van der Waals surface area contributed by atoms with Crippen LogP contribution in [0.3, 0.4) is 0 Å². The van der Waals surface area contributed by atoms with Gasteiger partial charge in [-0.05, 0) is 17.5 Å². The number of carbonyl (C=O) groups excluding carboxylic acids is 4. The van der Waals surface area contributed by atoms with Gasteiger partial charge in [0.2, 0.25) is 0 Å². The molecule has 0 aromatic heterocycles. The Hall–Kier alpha value is -2.76. The first-order valence-electron chi connectivity index (χ1n) is 7.26. The largest absolute Gasteiger partial charge is 0.398 e. The fourth-order valence-electron chi connectivity index (χ4n) is 3.00. The van der Waals surface area contributed by atoms with Gasteiger partial charge in [-0.25, -0.2) is 4.90 Å².